The Bertz CT molecular complexity index is 785. The first-order chi connectivity index (χ1) is 10.1. The summed E-state index contributed by atoms with van der Waals surface area (Å²) in [7, 11) is 0. The lowest BCUT2D eigenvalue weighted by Gasteiger charge is -2.12. The lowest BCUT2D eigenvalue weighted by molar-refractivity contribution is -0.122. The van der Waals surface area contributed by atoms with Gasteiger partial charge in [0.1, 0.15) is 6.54 Å². The van der Waals surface area contributed by atoms with Gasteiger partial charge in [0, 0.05) is 6.04 Å². The molecule has 6 nitrogen and oxygen atoms in total. The molecular weight excluding hydrogens is 270 g/mol. The number of aromatic nitrogens is 2. The zero-order valence-electron chi connectivity index (χ0n) is 11.6. The first-order valence-electron chi connectivity index (χ1n) is 7.16. The molecule has 0 saturated heterocycles. The third-order valence-electron chi connectivity index (χ3n) is 3.91. The Hall–Kier alpha value is -2.37. The molecule has 0 atom stereocenters. The summed E-state index contributed by atoms with van der Waals surface area (Å²) in [6.45, 7) is -0.157. The van der Waals surface area contributed by atoms with E-state index in [2.05, 4.69) is 10.4 Å². The first kappa shape index (κ1) is 13.6. The Kier molecular flexibility index (Phi) is 3.60. The highest BCUT2D eigenvalue weighted by molar-refractivity contribution is 5.81. The van der Waals surface area contributed by atoms with Crippen LogP contribution in [0.5, 0.6) is 0 Å². The number of carbonyl (C=O) groups excluding carboxylic acids is 1. The summed E-state index contributed by atoms with van der Waals surface area (Å²) in [4.78, 5) is 36.2. The number of benzene rings is 1. The number of fused-ring (bicyclic) bond motifs is 1. The molecule has 1 fully saturated rings. The van der Waals surface area contributed by atoms with Gasteiger partial charge in [0.25, 0.3) is 11.1 Å². The Morgan fingerprint density at radius 2 is 1.86 bits per heavy atom. The Morgan fingerprint density at radius 3 is 2.57 bits per heavy atom. The van der Waals surface area contributed by atoms with E-state index in [0.29, 0.717) is 10.8 Å². The Balaban J connectivity index is 1.87. The molecule has 0 spiro atoms. The summed E-state index contributed by atoms with van der Waals surface area (Å²) in [5.41, 5.74) is -0.717. The van der Waals surface area contributed by atoms with E-state index >= 15 is 0 Å². The van der Waals surface area contributed by atoms with E-state index in [-0.39, 0.29) is 29.6 Å². The highest BCUT2D eigenvalue weighted by Crippen LogP contribution is 2.17. The van der Waals surface area contributed by atoms with Crippen molar-refractivity contribution in [2.75, 3.05) is 0 Å². The van der Waals surface area contributed by atoms with Crippen LogP contribution in [0.3, 0.4) is 0 Å². The van der Waals surface area contributed by atoms with Crippen molar-refractivity contribution in [3.8, 4) is 0 Å². The maximum atomic E-state index is 12.3. The lowest BCUT2D eigenvalue weighted by Crippen LogP contribution is -2.39. The number of nitrogens with one attached hydrogen (secondary N) is 2. The third-order valence-corrected chi connectivity index (χ3v) is 3.91. The van der Waals surface area contributed by atoms with Crippen molar-refractivity contribution in [3.05, 3.63) is 45.0 Å². The topological polar surface area (TPSA) is 84.0 Å². The fraction of sp³-hybridized carbons (Fsp3) is 0.400. The van der Waals surface area contributed by atoms with Crippen LogP contribution in [0.1, 0.15) is 25.7 Å². The highest BCUT2D eigenvalue weighted by Gasteiger charge is 2.18. The average Bonchev–Trinajstić information content (AvgIpc) is 2.97. The number of amides is 1. The van der Waals surface area contributed by atoms with Gasteiger partial charge in [0.15, 0.2) is 0 Å². The number of rotatable bonds is 3. The van der Waals surface area contributed by atoms with Gasteiger partial charge >= 0.3 is 0 Å². The second-order valence-electron chi connectivity index (χ2n) is 5.43. The molecule has 0 unspecified atom stereocenters. The summed E-state index contributed by atoms with van der Waals surface area (Å²) in [6.07, 6.45) is 4.21. The lowest BCUT2D eigenvalue weighted by atomic mass is 10.2. The van der Waals surface area contributed by atoms with Gasteiger partial charge in [0.2, 0.25) is 5.91 Å². The quantitative estimate of drug-likeness (QED) is 0.873. The molecule has 2 aromatic rings. The van der Waals surface area contributed by atoms with Crippen molar-refractivity contribution in [2.24, 2.45) is 0 Å². The van der Waals surface area contributed by atoms with Crippen LogP contribution in [0.4, 0.5) is 0 Å². The fourth-order valence-corrected chi connectivity index (χ4v) is 2.84. The van der Waals surface area contributed by atoms with E-state index in [9.17, 15) is 14.4 Å². The SMILES string of the molecule is O=C(Cn1[nH]c(=O)c2ccccc2c1=O)NC1CCCC1. The van der Waals surface area contributed by atoms with E-state index < -0.39 is 0 Å². The van der Waals surface area contributed by atoms with Crippen LogP contribution in [0, 0.1) is 0 Å². The van der Waals surface area contributed by atoms with Crippen molar-refractivity contribution < 1.29 is 4.79 Å². The maximum Gasteiger partial charge on any atom is 0.273 e. The molecule has 0 aliphatic heterocycles. The zero-order chi connectivity index (χ0) is 14.8. The van der Waals surface area contributed by atoms with Gasteiger partial charge in [-0.1, -0.05) is 25.0 Å². The van der Waals surface area contributed by atoms with Crippen molar-refractivity contribution in [3.63, 3.8) is 0 Å². The zero-order valence-corrected chi connectivity index (χ0v) is 11.6. The van der Waals surface area contributed by atoms with E-state index in [4.69, 9.17) is 0 Å². The first-order valence-corrected chi connectivity index (χ1v) is 7.16. The Labute approximate surface area is 120 Å². The summed E-state index contributed by atoms with van der Waals surface area (Å²) in [6, 6.07) is 6.79. The molecule has 3 rings (SSSR count). The summed E-state index contributed by atoms with van der Waals surface area (Å²) in [5, 5.41) is 6.03. The molecular formula is C15H17N3O3. The molecule has 1 saturated carbocycles. The molecule has 110 valence electrons. The average molecular weight is 287 g/mol. The molecule has 6 heteroatoms. The number of hydrogen-bond donors (Lipinski definition) is 2. The monoisotopic (exact) mass is 287 g/mol. The second-order valence-corrected chi connectivity index (χ2v) is 5.43. The molecule has 0 radical (unpaired) electrons. The van der Waals surface area contributed by atoms with Gasteiger partial charge in [-0.2, -0.15) is 0 Å². The minimum atomic E-state index is -0.362. The summed E-state index contributed by atoms with van der Waals surface area (Å²) < 4.78 is 1.08. The predicted molar refractivity (Wildman–Crippen MR) is 79.2 cm³/mol. The fourth-order valence-electron chi connectivity index (χ4n) is 2.84. The number of hydrogen-bond acceptors (Lipinski definition) is 3. The standard InChI is InChI=1S/C15H17N3O3/c19-13(16-10-5-1-2-6-10)9-18-15(21)12-8-4-3-7-11(12)14(20)17-18/h3-4,7-8,10H,1-2,5-6,9H2,(H,16,19)(H,17,20). The molecule has 1 aromatic carbocycles. The van der Waals surface area contributed by atoms with Crippen LogP contribution in [-0.2, 0) is 11.3 Å². The summed E-state index contributed by atoms with van der Waals surface area (Å²) in [5.74, 6) is -0.241. The number of carbonyl (C=O) groups is 1. The van der Waals surface area contributed by atoms with E-state index in [1.54, 1.807) is 24.3 Å². The minimum absolute atomic E-state index is 0.157. The molecule has 1 aliphatic rings. The van der Waals surface area contributed by atoms with Crippen molar-refractivity contribution in [2.45, 2.75) is 38.3 Å². The second kappa shape index (κ2) is 5.55. The molecule has 0 bridgehead atoms. The van der Waals surface area contributed by atoms with Gasteiger partial charge in [-0.15, -0.1) is 0 Å². The van der Waals surface area contributed by atoms with Crippen LogP contribution in [-0.4, -0.2) is 21.7 Å². The largest absolute Gasteiger partial charge is 0.352 e. The maximum absolute atomic E-state index is 12.3. The van der Waals surface area contributed by atoms with Crippen LogP contribution in [0.25, 0.3) is 10.8 Å². The van der Waals surface area contributed by atoms with Crippen LogP contribution in [0.2, 0.25) is 0 Å². The van der Waals surface area contributed by atoms with Crippen LogP contribution in [0.15, 0.2) is 33.9 Å². The van der Waals surface area contributed by atoms with Crippen molar-refractivity contribution >= 4 is 16.7 Å². The van der Waals surface area contributed by atoms with Crippen LogP contribution < -0.4 is 16.4 Å². The van der Waals surface area contributed by atoms with Crippen molar-refractivity contribution in [1.29, 1.82) is 0 Å². The van der Waals surface area contributed by atoms with Gasteiger partial charge in [-0.3, -0.25) is 19.5 Å². The van der Waals surface area contributed by atoms with Gasteiger partial charge in [-0.25, -0.2) is 4.68 Å². The number of aromatic amines is 1. The Morgan fingerprint density at radius 1 is 1.19 bits per heavy atom. The third kappa shape index (κ3) is 2.74. The minimum Gasteiger partial charge on any atom is -0.352 e. The van der Waals surface area contributed by atoms with Gasteiger partial charge in [-0.05, 0) is 25.0 Å². The number of nitrogens with zero attached hydrogens (tertiary/aromatic N) is 1. The smallest absolute Gasteiger partial charge is 0.273 e. The molecule has 1 amide bonds. The molecule has 2 N–H and O–H groups in total. The van der Waals surface area contributed by atoms with Crippen molar-refractivity contribution in [1.82, 2.24) is 15.1 Å². The van der Waals surface area contributed by atoms with E-state index in [0.717, 1.165) is 30.4 Å². The van der Waals surface area contributed by atoms with Crippen LogP contribution >= 0.6 is 0 Å². The molecule has 1 heterocycles. The number of H-pyrrole nitrogens is 1. The van der Waals surface area contributed by atoms with E-state index in [1.807, 2.05) is 0 Å². The normalized spacial score (nSPS) is 15.4. The molecule has 1 aromatic heterocycles. The van der Waals surface area contributed by atoms with E-state index in [1.165, 1.54) is 0 Å². The predicted octanol–water partition coefficient (Wildman–Crippen LogP) is 0.749. The highest BCUT2D eigenvalue weighted by atomic mass is 16.2. The molecule has 1 aliphatic carbocycles. The van der Waals surface area contributed by atoms with Gasteiger partial charge < -0.3 is 5.32 Å². The molecule has 21 heavy (non-hydrogen) atoms. The van der Waals surface area contributed by atoms with Gasteiger partial charge in [0.05, 0.1) is 10.8 Å². The summed E-state index contributed by atoms with van der Waals surface area (Å²) >= 11 is 0.